The molecule has 3 aliphatic rings. The van der Waals surface area contributed by atoms with Crippen LogP contribution in [-0.4, -0.2) is 117 Å². The monoisotopic (exact) mass is 609 g/mol. The third-order valence-corrected chi connectivity index (χ3v) is 8.52. The number of rotatable bonds is 9. The lowest BCUT2D eigenvalue weighted by atomic mass is 9.49. The Balaban J connectivity index is 1.29. The first-order valence-electron chi connectivity index (χ1n) is 15.4. The molecule has 1 aliphatic carbocycles. The minimum Gasteiger partial charge on any atom is -0.494 e. The van der Waals surface area contributed by atoms with Gasteiger partial charge >= 0.3 is 0 Å². The Morgan fingerprint density at radius 2 is 1.69 bits per heavy atom. The average molecular weight is 609 g/mol. The minimum atomic E-state index is -0.509. The Kier molecular flexibility index (Phi) is 8.10. The van der Waals surface area contributed by atoms with E-state index in [1.165, 1.54) is 0 Å². The first-order chi connectivity index (χ1) is 21.4. The molecule has 16 heteroatoms. The summed E-state index contributed by atoms with van der Waals surface area (Å²) in [5, 5.41) is 21.5. The molecule has 4 heterocycles. The molecule has 0 radical (unpaired) electrons. The maximum Gasteiger partial charge on any atom is 0.272 e. The highest BCUT2D eigenvalue weighted by molar-refractivity contribution is 6.60. The maximum atomic E-state index is 13.6. The van der Waals surface area contributed by atoms with Crippen LogP contribution in [0.3, 0.4) is 0 Å². The van der Waals surface area contributed by atoms with E-state index in [1.54, 1.807) is 31.0 Å². The van der Waals surface area contributed by atoms with Crippen LogP contribution in [0.4, 0.5) is 17.2 Å². The van der Waals surface area contributed by atoms with Gasteiger partial charge in [-0.05, 0) is 55.2 Å². The number of para-hydroxylation sites is 1. The fourth-order valence-electron chi connectivity index (χ4n) is 6.25. The van der Waals surface area contributed by atoms with E-state index >= 15 is 0 Å². The van der Waals surface area contributed by atoms with Crippen LogP contribution in [0.1, 0.15) is 33.8 Å². The number of nitrogens with zero attached hydrogens (tertiary/aromatic N) is 6. The van der Waals surface area contributed by atoms with Crippen molar-refractivity contribution in [2.24, 2.45) is 24.8 Å². The second-order valence-corrected chi connectivity index (χ2v) is 13.5. The van der Waals surface area contributed by atoms with Gasteiger partial charge in [-0.25, -0.2) is 0 Å². The molecule has 13 nitrogen and oxygen atoms in total. The van der Waals surface area contributed by atoms with Gasteiger partial charge in [0.25, 0.3) is 11.8 Å². The quantitative estimate of drug-likeness (QED) is 0.256. The number of benzene rings is 1. The minimum absolute atomic E-state index is 0.0224. The molecule has 2 atom stereocenters. The van der Waals surface area contributed by atoms with E-state index in [9.17, 15) is 14.4 Å². The summed E-state index contributed by atoms with van der Waals surface area (Å²) in [5.41, 5.74) is 2.71. The molecule has 3 N–H and O–H groups in total. The topological polar surface area (TPSA) is 147 Å². The number of methoxy groups -OCH3 is 1. The van der Waals surface area contributed by atoms with E-state index in [2.05, 4.69) is 43.2 Å². The number of amides is 3. The van der Waals surface area contributed by atoms with Gasteiger partial charge in [0.15, 0.2) is 17.3 Å². The summed E-state index contributed by atoms with van der Waals surface area (Å²) in [4.78, 5) is 43.5. The lowest BCUT2D eigenvalue weighted by Gasteiger charge is -2.22. The predicted molar refractivity (Wildman–Crippen MR) is 178 cm³/mol. The number of hydrogen-bond acceptors (Lipinski definition) is 9. The normalized spacial score (nSPS) is 19.7. The van der Waals surface area contributed by atoms with Gasteiger partial charge in [0.2, 0.25) is 5.91 Å². The van der Waals surface area contributed by atoms with Gasteiger partial charge < -0.3 is 30.5 Å². The summed E-state index contributed by atoms with van der Waals surface area (Å²) in [5.74, 6) is 1.14. The Morgan fingerprint density at radius 3 is 2.33 bits per heavy atom. The van der Waals surface area contributed by atoms with Crippen LogP contribution in [0.2, 0.25) is 0 Å². The number of hydrogen-bond donors (Lipinski definition) is 3. The van der Waals surface area contributed by atoms with Crippen molar-refractivity contribution in [3.05, 3.63) is 41.7 Å². The number of anilines is 3. The molecule has 232 valence electrons. The van der Waals surface area contributed by atoms with Crippen LogP contribution in [0.5, 0.6) is 5.75 Å². The Bertz CT molecular complexity index is 1640. The summed E-state index contributed by atoms with van der Waals surface area (Å²) in [6.07, 6.45) is 1.69. The SMILES string of the molecule is BC(B)(B)NC(=O)c1nnc(NC(=O)C2CC2)cc1Nc1cccc(-c2cc(C(=O)N3CC4CN(C)CC4C3)n(C)n2)c1OC. The predicted octanol–water partition coefficient (Wildman–Crippen LogP) is -1.15. The third kappa shape index (κ3) is 6.56. The number of carbonyl (C=O) groups excluding carboxylic acids is 3. The number of fused-ring (bicyclic) bond motifs is 1. The van der Waals surface area contributed by atoms with E-state index in [0.717, 1.165) is 39.0 Å². The van der Waals surface area contributed by atoms with Crippen molar-refractivity contribution in [3.63, 3.8) is 0 Å². The summed E-state index contributed by atoms with van der Waals surface area (Å²) in [6.45, 7) is 3.54. The van der Waals surface area contributed by atoms with E-state index in [0.29, 0.717) is 45.9 Å². The van der Waals surface area contributed by atoms with E-state index in [1.807, 2.05) is 46.6 Å². The molecule has 3 fully saturated rings. The highest BCUT2D eigenvalue weighted by Gasteiger charge is 2.41. The first-order valence-corrected chi connectivity index (χ1v) is 15.4. The second kappa shape index (κ2) is 11.9. The number of aryl methyl sites for hydroxylation is 1. The first kappa shape index (κ1) is 30.7. The second-order valence-electron chi connectivity index (χ2n) is 13.5. The molecule has 2 saturated heterocycles. The molecular weight excluding hydrogens is 571 g/mol. The molecule has 1 saturated carbocycles. The molecule has 3 amide bonds. The van der Waals surface area contributed by atoms with Gasteiger partial charge in [-0.1, -0.05) is 6.07 Å². The molecular formula is C29H38B3N9O4. The molecule has 45 heavy (non-hydrogen) atoms. The van der Waals surface area contributed by atoms with Crippen molar-refractivity contribution in [3.8, 4) is 17.0 Å². The van der Waals surface area contributed by atoms with Gasteiger partial charge in [0, 0.05) is 50.8 Å². The lowest BCUT2D eigenvalue weighted by molar-refractivity contribution is -0.117. The molecule has 0 spiro atoms. The summed E-state index contributed by atoms with van der Waals surface area (Å²) < 4.78 is 7.49. The summed E-state index contributed by atoms with van der Waals surface area (Å²) >= 11 is 0. The van der Waals surface area contributed by atoms with Crippen LogP contribution >= 0.6 is 0 Å². The zero-order valence-electron chi connectivity index (χ0n) is 26.7. The molecule has 2 aromatic heterocycles. The molecule has 1 aromatic carbocycles. The molecule has 2 aliphatic heterocycles. The number of likely N-dealkylation sites (tertiary alicyclic amines) is 2. The van der Waals surface area contributed by atoms with Gasteiger partial charge in [-0.2, -0.15) is 5.10 Å². The van der Waals surface area contributed by atoms with Crippen LogP contribution in [0.15, 0.2) is 30.3 Å². The maximum absolute atomic E-state index is 13.6. The summed E-state index contributed by atoms with van der Waals surface area (Å²) in [6, 6.07) is 8.92. The Morgan fingerprint density at radius 1 is 0.978 bits per heavy atom. The number of carbonyl (C=O) groups is 3. The molecule has 2 unspecified atom stereocenters. The smallest absolute Gasteiger partial charge is 0.272 e. The van der Waals surface area contributed by atoms with Crippen LogP contribution in [-0.2, 0) is 11.8 Å². The molecule has 3 aromatic rings. The van der Waals surface area contributed by atoms with E-state index < -0.39 is 11.1 Å². The third-order valence-electron chi connectivity index (χ3n) is 8.52. The number of nitrogens with one attached hydrogen (secondary N) is 3. The standard InChI is InChI=1S/C29H38B3N9O4/c1-39-11-16-13-41(14-17(16)12-39)28(44)22-9-20(38-40(22)2)18-5-4-6-19(25(18)45-3)33-21-10-23(34-26(42)15-7-8-15)36-37-24(21)27(43)35-29(30,31)32/h4-6,9-10,15-17H,7-8,11-14,30-32H2,1-3H3,(H,35,43)(H2,33,34,36,42). The highest BCUT2D eigenvalue weighted by atomic mass is 16.5. The Labute approximate surface area is 265 Å². The lowest BCUT2D eigenvalue weighted by Crippen LogP contribution is -2.50. The van der Waals surface area contributed by atoms with Gasteiger partial charge in [0.05, 0.1) is 24.2 Å². The van der Waals surface area contributed by atoms with Crippen LogP contribution < -0.4 is 20.7 Å². The van der Waals surface area contributed by atoms with Crippen molar-refractivity contribution in [2.45, 2.75) is 18.1 Å². The summed E-state index contributed by atoms with van der Waals surface area (Å²) in [7, 11) is 11.1. The average Bonchev–Trinajstić information content (AvgIpc) is 3.53. The van der Waals surface area contributed by atoms with Crippen molar-refractivity contribution in [2.75, 3.05) is 51.0 Å². The van der Waals surface area contributed by atoms with Crippen LogP contribution in [0, 0.1) is 17.8 Å². The molecule has 6 rings (SSSR count). The largest absolute Gasteiger partial charge is 0.494 e. The van der Waals surface area contributed by atoms with Gasteiger partial charge in [-0.3, -0.25) is 19.1 Å². The molecule has 0 bridgehead atoms. The zero-order chi connectivity index (χ0) is 32.0. The van der Waals surface area contributed by atoms with Crippen molar-refractivity contribution < 1.29 is 19.1 Å². The van der Waals surface area contributed by atoms with Crippen LogP contribution in [0.25, 0.3) is 11.3 Å². The zero-order valence-corrected chi connectivity index (χ0v) is 26.7. The van der Waals surface area contributed by atoms with Gasteiger partial charge in [0.1, 0.15) is 29.2 Å². The van der Waals surface area contributed by atoms with E-state index in [-0.39, 0.29) is 29.2 Å². The highest BCUT2D eigenvalue weighted by Crippen LogP contribution is 2.39. The fourth-order valence-corrected chi connectivity index (χ4v) is 6.25. The van der Waals surface area contributed by atoms with Crippen molar-refractivity contribution in [1.82, 2.24) is 35.1 Å². The van der Waals surface area contributed by atoms with Crippen molar-refractivity contribution >= 4 is 58.5 Å². The number of aromatic nitrogens is 4. The fraction of sp³-hybridized carbons (Fsp3) is 0.448. The van der Waals surface area contributed by atoms with Crippen molar-refractivity contribution in [1.29, 1.82) is 0 Å². The van der Waals surface area contributed by atoms with Gasteiger partial charge in [-0.15, -0.1) is 10.2 Å². The number of ether oxygens (including phenoxy) is 1. The Hall–Kier alpha value is -4.33. The van der Waals surface area contributed by atoms with E-state index in [4.69, 9.17) is 4.74 Å².